The Morgan fingerprint density at radius 3 is 2.76 bits per heavy atom. The Morgan fingerprint density at radius 2 is 2.24 bits per heavy atom. The molecule has 1 aliphatic rings. The number of hydrogen-bond donors (Lipinski definition) is 2. The largest absolute Gasteiger partial charge is 0.388 e. The average molecular weight is 243 g/mol. The lowest BCUT2D eigenvalue weighted by atomic mass is 9.89. The highest BCUT2D eigenvalue weighted by Gasteiger charge is 2.27. The number of ether oxygens (including phenoxy) is 1. The van der Waals surface area contributed by atoms with E-state index in [1.807, 2.05) is 13.8 Å². The molecule has 0 radical (unpaired) electrons. The number of rotatable bonds is 8. The fourth-order valence-corrected chi connectivity index (χ4v) is 1.55. The Hall–Kier alpha value is -0.610. The number of carbonyl (C=O) groups is 1. The molecule has 1 fully saturated rings. The SMILES string of the molecule is CCC(C)C(C)(O)CNC(=O)COCC1CC1. The zero-order valence-electron chi connectivity index (χ0n) is 11.2. The molecule has 1 aliphatic carbocycles. The van der Waals surface area contributed by atoms with Crippen LogP contribution in [0.3, 0.4) is 0 Å². The van der Waals surface area contributed by atoms with E-state index in [1.165, 1.54) is 12.8 Å². The molecule has 17 heavy (non-hydrogen) atoms. The molecule has 1 saturated carbocycles. The Bertz CT molecular complexity index is 249. The second-order valence-electron chi connectivity index (χ2n) is 5.40. The van der Waals surface area contributed by atoms with Crippen LogP contribution in [0.5, 0.6) is 0 Å². The summed E-state index contributed by atoms with van der Waals surface area (Å²) in [7, 11) is 0. The van der Waals surface area contributed by atoms with Crippen molar-refractivity contribution in [3.8, 4) is 0 Å². The van der Waals surface area contributed by atoms with Gasteiger partial charge in [0.1, 0.15) is 6.61 Å². The summed E-state index contributed by atoms with van der Waals surface area (Å²) >= 11 is 0. The summed E-state index contributed by atoms with van der Waals surface area (Å²) in [6.45, 7) is 6.85. The monoisotopic (exact) mass is 243 g/mol. The van der Waals surface area contributed by atoms with Crippen LogP contribution in [0.2, 0.25) is 0 Å². The minimum absolute atomic E-state index is 0.104. The predicted molar refractivity (Wildman–Crippen MR) is 66.6 cm³/mol. The van der Waals surface area contributed by atoms with Gasteiger partial charge in [-0.3, -0.25) is 4.79 Å². The summed E-state index contributed by atoms with van der Waals surface area (Å²) in [6, 6.07) is 0. The summed E-state index contributed by atoms with van der Waals surface area (Å²) < 4.78 is 5.28. The second-order valence-corrected chi connectivity index (χ2v) is 5.40. The van der Waals surface area contributed by atoms with E-state index in [0.717, 1.165) is 6.42 Å². The number of carbonyl (C=O) groups excluding carboxylic acids is 1. The third kappa shape index (κ3) is 5.50. The smallest absolute Gasteiger partial charge is 0.246 e. The molecule has 4 heteroatoms. The van der Waals surface area contributed by atoms with Gasteiger partial charge in [0.2, 0.25) is 5.91 Å². The number of aliphatic hydroxyl groups is 1. The summed E-state index contributed by atoms with van der Waals surface area (Å²) in [5.41, 5.74) is -0.846. The van der Waals surface area contributed by atoms with Crippen LogP contribution in [0.15, 0.2) is 0 Å². The maximum atomic E-state index is 11.5. The lowest BCUT2D eigenvalue weighted by Crippen LogP contribution is -2.45. The highest BCUT2D eigenvalue weighted by molar-refractivity contribution is 5.77. The van der Waals surface area contributed by atoms with Crippen molar-refractivity contribution in [1.29, 1.82) is 0 Å². The zero-order valence-corrected chi connectivity index (χ0v) is 11.2. The van der Waals surface area contributed by atoms with Gasteiger partial charge in [0, 0.05) is 6.54 Å². The van der Waals surface area contributed by atoms with Crippen molar-refractivity contribution in [3.63, 3.8) is 0 Å². The van der Waals surface area contributed by atoms with Crippen LogP contribution in [0, 0.1) is 11.8 Å². The number of hydrogen-bond acceptors (Lipinski definition) is 3. The van der Waals surface area contributed by atoms with E-state index in [2.05, 4.69) is 5.32 Å². The lowest BCUT2D eigenvalue weighted by Gasteiger charge is -2.29. The van der Waals surface area contributed by atoms with Gasteiger partial charge >= 0.3 is 0 Å². The molecule has 0 aliphatic heterocycles. The third-order valence-corrected chi connectivity index (χ3v) is 3.60. The molecular formula is C13H25NO3. The van der Waals surface area contributed by atoms with Gasteiger partial charge < -0.3 is 15.2 Å². The molecule has 0 saturated heterocycles. The normalized spacial score (nSPS) is 20.7. The first-order chi connectivity index (χ1) is 7.95. The number of nitrogens with one attached hydrogen (secondary N) is 1. The van der Waals surface area contributed by atoms with Crippen molar-refractivity contribution in [2.24, 2.45) is 11.8 Å². The van der Waals surface area contributed by atoms with Gasteiger partial charge in [0.05, 0.1) is 12.2 Å². The minimum atomic E-state index is -0.846. The topological polar surface area (TPSA) is 58.6 Å². The maximum Gasteiger partial charge on any atom is 0.246 e. The van der Waals surface area contributed by atoms with Crippen molar-refractivity contribution >= 4 is 5.91 Å². The molecular weight excluding hydrogens is 218 g/mol. The summed E-state index contributed by atoms with van der Waals surface area (Å²) in [5.74, 6) is 0.690. The van der Waals surface area contributed by atoms with Crippen molar-refractivity contribution < 1.29 is 14.6 Å². The van der Waals surface area contributed by atoms with E-state index in [-0.39, 0.29) is 25.0 Å². The van der Waals surface area contributed by atoms with E-state index in [1.54, 1.807) is 6.92 Å². The van der Waals surface area contributed by atoms with Crippen molar-refractivity contribution in [2.45, 2.75) is 45.6 Å². The average Bonchev–Trinajstić information content (AvgIpc) is 3.09. The van der Waals surface area contributed by atoms with Crippen LogP contribution in [-0.2, 0) is 9.53 Å². The Labute approximate surface area is 104 Å². The van der Waals surface area contributed by atoms with Crippen molar-refractivity contribution in [1.82, 2.24) is 5.32 Å². The van der Waals surface area contributed by atoms with E-state index < -0.39 is 5.60 Å². The van der Waals surface area contributed by atoms with E-state index >= 15 is 0 Å². The van der Waals surface area contributed by atoms with Gasteiger partial charge in [0.25, 0.3) is 0 Å². The lowest BCUT2D eigenvalue weighted by molar-refractivity contribution is -0.127. The Kier molecular flexibility index (Phi) is 5.40. The highest BCUT2D eigenvalue weighted by atomic mass is 16.5. The van der Waals surface area contributed by atoms with Crippen LogP contribution in [-0.4, -0.2) is 36.4 Å². The van der Waals surface area contributed by atoms with Gasteiger partial charge in [-0.15, -0.1) is 0 Å². The second kappa shape index (κ2) is 6.36. The molecule has 4 nitrogen and oxygen atoms in total. The standard InChI is InChI=1S/C13H25NO3/c1-4-10(2)13(3,16)9-14-12(15)8-17-7-11-5-6-11/h10-11,16H,4-9H2,1-3H3,(H,14,15). The van der Waals surface area contributed by atoms with Crippen LogP contribution in [0.1, 0.15) is 40.0 Å². The fraction of sp³-hybridized carbons (Fsp3) is 0.923. The van der Waals surface area contributed by atoms with E-state index in [9.17, 15) is 9.90 Å². The minimum Gasteiger partial charge on any atom is -0.388 e. The van der Waals surface area contributed by atoms with Gasteiger partial charge in [-0.2, -0.15) is 0 Å². The molecule has 0 bridgehead atoms. The Morgan fingerprint density at radius 1 is 1.59 bits per heavy atom. The first-order valence-electron chi connectivity index (χ1n) is 6.52. The molecule has 2 N–H and O–H groups in total. The zero-order chi connectivity index (χ0) is 12.9. The van der Waals surface area contributed by atoms with Crippen molar-refractivity contribution in [2.75, 3.05) is 19.8 Å². The molecule has 0 aromatic carbocycles. The van der Waals surface area contributed by atoms with Crippen molar-refractivity contribution in [3.05, 3.63) is 0 Å². The first kappa shape index (κ1) is 14.5. The third-order valence-electron chi connectivity index (χ3n) is 3.60. The predicted octanol–water partition coefficient (Wildman–Crippen LogP) is 1.33. The van der Waals surface area contributed by atoms with Gasteiger partial charge in [-0.25, -0.2) is 0 Å². The molecule has 0 aromatic rings. The van der Waals surface area contributed by atoms with Gasteiger partial charge in [0.15, 0.2) is 0 Å². The van der Waals surface area contributed by atoms with Gasteiger partial charge in [-0.1, -0.05) is 20.3 Å². The molecule has 0 spiro atoms. The van der Waals surface area contributed by atoms with Gasteiger partial charge in [-0.05, 0) is 31.6 Å². The molecule has 1 amide bonds. The summed E-state index contributed by atoms with van der Waals surface area (Å²) in [6.07, 6.45) is 3.34. The highest BCUT2D eigenvalue weighted by Crippen LogP contribution is 2.28. The number of amides is 1. The Balaban J connectivity index is 2.12. The molecule has 2 unspecified atom stereocenters. The first-order valence-corrected chi connectivity index (χ1v) is 6.52. The van der Waals surface area contributed by atoms with Crippen LogP contribution in [0.25, 0.3) is 0 Å². The van der Waals surface area contributed by atoms with E-state index in [4.69, 9.17) is 4.74 Å². The quantitative estimate of drug-likeness (QED) is 0.676. The molecule has 100 valence electrons. The van der Waals surface area contributed by atoms with E-state index in [0.29, 0.717) is 12.5 Å². The maximum absolute atomic E-state index is 11.5. The molecule has 0 heterocycles. The molecule has 0 aromatic heterocycles. The molecule has 2 atom stereocenters. The fourth-order valence-electron chi connectivity index (χ4n) is 1.55. The molecule has 1 rings (SSSR count). The summed E-state index contributed by atoms with van der Waals surface area (Å²) in [4.78, 5) is 11.5. The summed E-state index contributed by atoms with van der Waals surface area (Å²) in [5, 5.41) is 12.8. The van der Waals surface area contributed by atoms with Crippen LogP contribution < -0.4 is 5.32 Å². The van der Waals surface area contributed by atoms with Crippen LogP contribution >= 0.6 is 0 Å². The van der Waals surface area contributed by atoms with Crippen LogP contribution in [0.4, 0.5) is 0 Å².